The first kappa shape index (κ1) is 31.3. The Balaban J connectivity index is 3.16. The second kappa shape index (κ2) is 14.7. The quantitative estimate of drug-likeness (QED) is 0.106. The highest BCUT2D eigenvalue weighted by Gasteiger charge is 2.32. The smallest absolute Gasteiger partial charge is 0.326 e. The molecule has 0 bridgehead atoms. The van der Waals surface area contributed by atoms with Crippen molar-refractivity contribution in [1.29, 1.82) is 0 Å². The summed E-state index contributed by atoms with van der Waals surface area (Å²) in [4.78, 5) is 82.3. The van der Waals surface area contributed by atoms with Crippen LogP contribution in [0.5, 0.6) is 5.75 Å². The van der Waals surface area contributed by atoms with E-state index in [1.807, 2.05) is 5.32 Å². The summed E-state index contributed by atoms with van der Waals surface area (Å²) in [6.07, 6.45) is -3.02. The Bertz CT molecular complexity index is 1060. The van der Waals surface area contributed by atoms with Crippen molar-refractivity contribution in [1.82, 2.24) is 16.0 Å². The molecule has 16 heteroatoms. The van der Waals surface area contributed by atoms with Crippen molar-refractivity contribution in [3.8, 4) is 5.75 Å². The molecule has 3 amide bonds. The summed E-state index contributed by atoms with van der Waals surface area (Å²) in [6, 6.07) is -1.29. The third-order valence-electron chi connectivity index (χ3n) is 5.02. The number of aromatic hydroxyl groups is 1. The predicted molar refractivity (Wildman–Crippen MR) is 125 cm³/mol. The highest BCUT2D eigenvalue weighted by atomic mass is 16.4. The number of carbonyl (C=O) groups excluding carboxylic acids is 3. The van der Waals surface area contributed by atoms with Gasteiger partial charge in [0.25, 0.3) is 0 Å². The summed E-state index contributed by atoms with van der Waals surface area (Å²) in [5, 5.41) is 51.7. The van der Waals surface area contributed by atoms with Gasteiger partial charge in [0.1, 0.15) is 23.9 Å². The fourth-order valence-corrected chi connectivity index (χ4v) is 3.07. The van der Waals surface area contributed by atoms with Gasteiger partial charge in [-0.1, -0.05) is 12.1 Å². The standard InChI is InChI=1S/C22H28N4O12/c23-12(5-6-16(28)29)19(34)24-14(8-17(30)31)21(36)25-13(7-10-1-3-11(27)4-2-10)20(35)26-15(22(37)38)9-18(32)33/h1-4,12-15,27H,5-9,23H2,(H,24,34)(H,25,36)(H,26,35)(H,28,29)(H,30,31)(H,32,33)(H,37,38). The van der Waals surface area contributed by atoms with Crippen molar-refractivity contribution < 1.29 is 59.1 Å². The third-order valence-corrected chi connectivity index (χ3v) is 5.02. The number of nitrogens with one attached hydrogen (secondary N) is 3. The van der Waals surface area contributed by atoms with Crippen LogP contribution in [0.3, 0.4) is 0 Å². The molecule has 4 unspecified atom stereocenters. The lowest BCUT2D eigenvalue weighted by Gasteiger charge is -2.24. The van der Waals surface area contributed by atoms with Crippen LogP contribution in [0.2, 0.25) is 0 Å². The van der Waals surface area contributed by atoms with Crippen LogP contribution in [-0.2, 0) is 40.0 Å². The van der Waals surface area contributed by atoms with Gasteiger partial charge in [-0.3, -0.25) is 28.8 Å². The maximum Gasteiger partial charge on any atom is 0.326 e. The SMILES string of the molecule is NC(CCC(=O)O)C(=O)NC(CC(=O)O)C(=O)NC(Cc1ccc(O)cc1)C(=O)NC(CC(=O)O)C(=O)O. The minimum Gasteiger partial charge on any atom is -0.508 e. The van der Waals surface area contributed by atoms with Gasteiger partial charge in [0.05, 0.1) is 18.9 Å². The Morgan fingerprint density at radius 3 is 1.66 bits per heavy atom. The molecule has 0 aliphatic heterocycles. The number of hydrogen-bond donors (Lipinski definition) is 9. The lowest BCUT2D eigenvalue weighted by Crippen LogP contribution is -2.58. The zero-order chi connectivity index (χ0) is 29.0. The van der Waals surface area contributed by atoms with Gasteiger partial charge in [0, 0.05) is 12.8 Å². The van der Waals surface area contributed by atoms with Crippen molar-refractivity contribution in [2.75, 3.05) is 0 Å². The number of rotatable bonds is 16. The van der Waals surface area contributed by atoms with E-state index in [4.69, 9.17) is 21.1 Å². The van der Waals surface area contributed by atoms with Crippen molar-refractivity contribution in [2.45, 2.75) is 56.3 Å². The van der Waals surface area contributed by atoms with Gasteiger partial charge in [-0.15, -0.1) is 0 Å². The summed E-state index contributed by atoms with van der Waals surface area (Å²) >= 11 is 0. The number of amides is 3. The van der Waals surface area contributed by atoms with Crippen LogP contribution >= 0.6 is 0 Å². The van der Waals surface area contributed by atoms with Crippen molar-refractivity contribution >= 4 is 41.6 Å². The number of carboxylic acids is 4. The number of nitrogens with two attached hydrogens (primary N) is 1. The largest absolute Gasteiger partial charge is 0.508 e. The van der Waals surface area contributed by atoms with E-state index < -0.39 is 85.0 Å². The van der Waals surface area contributed by atoms with E-state index in [0.29, 0.717) is 5.56 Å². The molecular weight excluding hydrogens is 512 g/mol. The maximum atomic E-state index is 12.9. The molecule has 38 heavy (non-hydrogen) atoms. The summed E-state index contributed by atoms with van der Waals surface area (Å²) in [6.45, 7) is 0. The van der Waals surface area contributed by atoms with Crippen LogP contribution in [-0.4, -0.2) is 91.3 Å². The molecule has 16 nitrogen and oxygen atoms in total. The van der Waals surface area contributed by atoms with E-state index in [1.54, 1.807) is 0 Å². The van der Waals surface area contributed by atoms with E-state index >= 15 is 0 Å². The van der Waals surface area contributed by atoms with Gasteiger partial charge < -0.3 is 47.2 Å². The number of aliphatic carboxylic acids is 4. The lowest BCUT2D eigenvalue weighted by atomic mass is 10.0. The molecule has 0 fully saturated rings. The number of carboxylic acid groups (broad SMARTS) is 4. The normalized spacial score (nSPS) is 13.7. The van der Waals surface area contributed by atoms with Gasteiger partial charge in [-0.05, 0) is 24.1 Å². The molecule has 0 heterocycles. The van der Waals surface area contributed by atoms with Crippen LogP contribution in [0, 0.1) is 0 Å². The summed E-state index contributed by atoms with van der Waals surface area (Å²) in [5.74, 6) is -9.39. The Labute approximate surface area is 214 Å². The number of benzene rings is 1. The van der Waals surface area contributed by atoms with E-state index in [1.165, 1.54) is 24.3 Å². The van der Waals surface area contributed by atoms with Crippen LogP contribution in [0.25, 0.3) is 0 Å². The summed E-state index contributed by atoms with van der Waals surface area (Å²) in [5.41, 5.74) is 5.95. The fraction of sp³-hybridized carbons (Fsp3) is 0.409. The van der Waals surface area contributed by atoms with Gasteiger partial charge in [-0.2, -0.15) is 0 Å². The van der Waals surface area contributed by atoms with Gasteiger partial charge in [0.2, 0.25) is 17.7 Å². The minimum atomic E-state index is -1.86. The van der Waals surface area contributed by atoms with Gasteiger partial charge >= 0.3 is 23.9 Å². The molecule has 1 aromatic carbocycles. The van der Waals surface area contributed by atoms with Crippen LogP contribution in [0.15, 0.2) is 24.3 Å². The van der Waals surface area contributed by atoms with Crippen molar-refractivity contribution in [3.63, 3.8) is 0 Å². The zero-order valence-corrected chi connectivity index (χ0v) is 19.8. The molecular formula is C22H28N4O12. The molecule has 0 aromatic heterocycles. The molecule has 0 radical (unpaired) electrons. The molecule has 1 aromatic rings. The Morgan fingerprint density at radius 1 is 0.684 bits per heavy atom. The van der Waals surface area contributed by atoms with Gasteiger partial charge in [-0.25, -0.2) is 4.79 Å². The zero-order valence-electron chi connectivity index (χ0n) is 19.8. The molecule has 0 saturated carbocycles. The fourth-order valence-electron chi connectivity index (χ4n) is 3.07. The number of phenols is 1. The second-order valence-corrected chi connectivity index (χ2v) is 8.13. The van der Waals surface area contributed by atoms with Crippen LogP contribution in [0.4, 0.5) is 0 Å². The van der Waals surface area contributed by atoms with E-state index in [-0.39, 0.29) is 18.6 Å². The van der Waals surface area contributed by atoms with Crippen molar-refractivity contribution in [3.05, 3.63) is 29.8 Å². The monoisotopic (exact) mass is 540 g/mol. The maximum absolute atomic E-state index is 12.9. The topological polar surface area (TPSA) is 283 Å². The number of carbonyl (C=O) groups is 7. The van der Waals surface area contributed by atoms with Crippen molar-refractivity contribution in [2.24, 2.45) is 5.73 Å². The highest BCUT2D eigenvalue weighted by molar-refractivity contribution is 5.96. The lowest BCUT2D eigenvalue weighted by molar-refractivity contribution is -0.147. The Morgan fingerprint density at radius 2 is 1.16 bits per heavy atom. The molecule has 4 atom stereocenters. The first-order chi connectivity index (χ1) is 17.7. The average molecular weight is 540 g/mol. The van der Waals surface area contributed by atoms with Crippen LogP contribution in [0.1, 0.15) is 31.2 Å². The van der Waals surface area contributed by atoms with E-state index in [0.717, 1.165) is 0 Å². The van der Waals surface area contributed by atoms with E-state index in [2.05, 4.69) is 10.6 Å². The first-order valence-electron chi connectivity index (χ1n) is 11.0. The first-order valence-corrected chi connectivity index (χ1v) is 11.0. The Hall–Kier alpha value is -4.73. The predicted octanol–water partition coefficient (Wildman–Crippen LogP) is -2.38. The number of phenolic OH excluding ortho intramolecular Hbond substituents is 1. The molecule has 10 N–H and O–H groups in total. The number of hydrogen-bond acceptors (Lipinski definition) is 9. The second-order valence-electron chi connectivity index (χ2n) is 8.13. The molecule has 1 rings (SSSR count). The third kappa shape index (κ3) is 11.3. The Kier molecular flexibility index (Phi) is 12.1. The minimum absolute atomic E-state index is 0.116. The molecule has 0 saturated heterocycles. The van der Waals surface area contributed by atoms with Gasteiger partial charge in [0.15, 0.2) is 0 Å². The van der Waals surface area contributed by atoms with Crippen LogP contribution < -0.4 is 21.7 Å². The highest BCUT2D eigenvalue weighted by Crippen LogP contribution is 2.12. The molecule has 0 spiro atoms. The summed E-state index contributed by atoms with van der Waals surface area (Å²) < 4.78 is 0. The molecule has 208 valence electrons. The van der Waals surface area contributed by atoms with E-state index in [9.17, 15) is 43.8 Å². The average Bonchev–Trinajstić information content (AvgIpc) is 2.81. The molecule has 0 aliphatic rings. The summed E-state index contributed by atoms with van der Waals surface area (Å²) in [7, 11) is 0. The molecule has 0 aliphatic carbocycles.